The van der Waals surface area contributed by atoms with Crippen LogP contribution >= 0.6 is 23.2 Å². The molecule has 18 heavy (non-hydrogen) atoms. The molecule has 0 atom stereocenters. The quantitative estimate of drug-likeness (QED) is 0.851. The molecule has 2 rings (SSSR count). The number of benzene rings is 1. The van der Waals surface area contributed by atoms with Gasteiger partial charge in [0, 0.05) is 19.7 Å². The fraction of sp³-hybridized carbons (Fsp3) is 0.182. The predicted octanol–water partition coefficient (Wildman–Crippen LogP) is 3.05. The molecule has 0 saturated carbocycles. The third-order valence-electron chi connectivity index (χ3n) is 2.17. The highest BCUT2D eigenvalue weighted by Crippen LogP contribution is 2.24. The van der Waals surface area contributed by atoms with Gasteiger partial charge in [-0.3, -0.25) is 0 Å². The summed E-state index contributed by atoms with van der Waals surface area (Å²) in [5.74, 6) is 0.277. The van der Waals surface area contributed by atoms with Crippen LogP contribution in [-0.2, 0) is 0 Å². The van der Waals surface area contributed by atoms with Gasteiger partial charge in [-0.25, -0.2) is 4.39 Å². The minimum absolute atomic E-state index is 0.00966. The first kappa shape index (κ1) is 13.0. The van der Waals surface area contributed by atoms with Gasteiger partial charge in [-0.15, -0.1) is 0 Å². The van der Waals surface area contributed by atoms with Crippen molar-refractivity contribution in [3.63, 3.8) is 0 Å². The molecule has 0 aliphatic carbocycles. The number of halogens is 3. The van der Waals surface area contributed by atoms with Gasteiger partial charge in [0.15, 0.2) is 5.82 Å². The first-order valence-corrected chi connectivity index (χ1v) is 5.77. The number of aromatic nitrogens is 3. The Balaban J connectivity index is 2.53. The van der Waals surface area contributed by atoms with Crippen LogP contribution in [-0.4, -0.2) is 29.0 Å². The summed E-state index contributed by atoms with van der Waals surface area (Å²) in [6.07, 6.45) is 0. The molecular weight excluding hydrogens is 278 g/mol. The second-order valence-electron chi connectivity index (χ2n) is 3.75. The van der Waals surface area contributed by atoms with Gasteiger partial charge in [0.1, 0.15) is 5.82 Å². The van der Waals surface area contributed by atoms with Crippen molar-refractivity contribution in [3.05, 3.63) is 34.3 Å². The van der Waals surface area contributed by atoms with Crippen molar-refractivity contribution in [2.45, 2.75) is 0 Å². The van der Waals surface area contributed by atoms with Gasteiger partial charge >= 0.3 is 0 Å². The topological polar surface area (TPSA) is 41.9 Å². The van der Waals surface area contributed by atoms with Crippen molar-refractivity contribution in [1.29, 1.82) is 0 Å². The molecule has 4 nitrogen and oxygen atoms in total. The lowest BCUT2D eigenvalue weighted by Crippen LogP contribution is -2.13. The fourth-order valence-corrected chi connectivity index (χ4v) is 1.64. The predicted molar refractivity (Wildman–Crippen MR) is 69.6 cm³/mol. The molecule has 0 unspecified atom stereocenters. The molecule has 94 valence electrons. The normalized spacial score (nSPS) is 10.5. The Morgan fingerprint density at radius 3 is 2.44 bits per heavy atom. The third kappa shape index (κ3) is 2.68. The first-order chi connectivity index (χ1) is 8.47. The highest BCUT2D eigenvalue weighted by Gasteiger charge is 2.10. The molecule has 0 saturated heterocycles. The van der Waals surface area contributed by atoms with Crippen LogP contribution in [0.2, 0.25) is 10.3 Å². The van der Waals surface area contributed by atoms with Crippen LogP contribution in [0.4, 0.5) is 10.3 Å². The lowest BCUT2D eigenvalue weighted by atomic mass is 10.2. The van der Waals surface area contributed by atoms with Gasteiger partial charge in [-0.1, -0.05) is 11.6 Å². The Morgan fingerprint density at radius 2 is 1.83 bits per heavy atom. The molecular formula is C11H9Cl2FN4. The van der Waals surface area contributed by atoms with Crippen molar-refractivity contribution >= 4 is 29.2 Å². The van der Waals surface area contributed by atoms with Crippen molar-refractivity contribution in [3.8, 4) is 11.4 Å². The Hall–Kier alpha value is -1.46. The van der Waals surface area contributed by atoms with Gasteiger partial charge in [-0.2, -0.15) is 15.0 Å². The Labute approximate surface area is 113 Å². The van der Waals surface area contributed by atoms with Crippen LogP contribution < -0.4 is 4.90 Å². The molecule has 0 bridgehead atoms. The summed E-state index contributed by atoms with van der Waals surface area (Å²) < 4.78 is 13.1. The van der Waals surface area contributed by atoms with E-state index in [0.717, 1.165) is 0 Å². The Kier molecular flexibility index (Phi) is 3.63. The van der Waals surface area contributed by atoms with Crippen molar-refractivity contribution in [1.82, 2.24) is 15.0 Å². The molecule has 1 aromatic heterocycles. The second-order valence-corrected chi connectivity index (χ2v) is 4.50. The summed E-state index contributed by atoms with van der Waals surface area (Å²) in [4.78, 5) is 13.9. The smallest absolute Gasteiger partial charge is 0.229 e. The lowest BCUT2D eigenvalue weighted by Gasteiger charge is -2.11. The number of hydrogen-bond donors (Lipinski definition) is 0. The van der Waals surface area contributed by atoms with E-state index in [4.69, 9.17) is 23.2 Å². The van der Waals surface area contributed by atoms with E-state index in [1.54, 1.807) is 19.0 Å². The van der Waals surface area contributed by atoms with Crippen LogP contribution in [0.15, 0.2) is 18.2 Å². The van der Waals surface area contributed by atoms with Crippen LogP contribution in [0, 0.1) is 5.82 Å². The molecule has 0 fully saturated rings. The molecule has 0 aliphatic rings. The third-order valence-corrected chi connectivity index (χ3v) is 2.63. The fourth-order valence-electron chi connectivity index (χ4n) is 1.30. The minimum Gasteiger partial charge on any atom is -0.347 e. The molecule has 0 radical (unpaired) electrons. The van der Waals surface area contributed by atoms with Gasteiger partial charge in [0.25, 0.3) is 0 Å². The monoisotopic (exact) mass is 286 g/mol. The number of anilines is 1. The maximum atomic E-state index is 13.1. The number of hydrogen-bond acceptors (Lipinski definition) is 4. The van der Waals surface area contributed by atoms with Crippen LogP contribution in [0.1, 0.15) is 0 Å². The van der Waals surface area contributed by atoms with E-state index < -0.39 is 5.82 Å². The summed E-state index contributed by atoms with van der Waals surface area (Å²) >= 11 is 11.5. The Morgan fingerprint density at radius 1 is 1.11 bits per heavy atom. The van der Waals surface area contributed by atoms with Crippen molar-refractivity contribution in [2.75, 3.05) is 19.0 Å². The zero-order valence-electron chi connectivity index (χ0n) is 9.65. The average molecular weight is 287 g/mol. The molecule has 7 heteroatoms. The maximum Gasteiger partial charge on any atom is 0.229 e. The van der Waals surface area contributed by atoms with Gasteiger partial charge in [0.05, 0.1) is 5.02 Å². The summed E-state index contributed by atoms with van der Waals surface area (Å²) in [5, 5.41) is 0.0829. The lowest BCUT2D eigenvalue weighted by molar-refractivity contribution is 0.628. The first-order valence-electron chi connectivity index (χ1n) is 5.01. The van der Waals surface area contributed by atoms with Crippen molar-refractivity contribution < 1.29 is 4.39 Å². The summed E-state index contributed by atoms with van der Waals surface area (Å²) in [5.41, 5.74) is 0.578. The van der Waals surface area contributed by atoms with E-state index in [-0.39, 0.29) is 10.3 Å². The van der Waals surface area contributed by atoms with Gasteiger partial charge in [0.2, 0.25) is 11.2 Å². The summed E-state index contributed by atoms with van der Waals surface area (Å²) in [7, 11) is 3.57. The molecule has 2 aromatic rings. The van der Waals surface area contributed by atoms with Gasteiger partial charge in [-0.05, 0) is 29.8 Å². The highest BCUT2D eigenvalue weighted by molar-refractivity contribution is 6.31. The maximum absolute atomic E-state index is 13.1. The summed E-state index contributed by atoms with van der Waals surface area (Å²) in [6, 6.07) is 4.24. The van der Waals surface area contributed by atoms with E-state index in [0.29, 0.717) is 17.3 Å². The van der Waals surface area contributed by atoms with Gasteiger partial charge < -0.3 is 4.90 Å². The number of nitrogens with zero attached hydrogens (tertiary/aromatic N) is 4. The van der Waals surface area contributed by atoms with E-state index in [9.17, 15) is 4.39 Å². The average Bonchev–Trinajstić information content (AvgIpc) is 2.31. The van der Waals surface area contributed by atoms with E-state index in [1.165, 1.54) is 18.2 Å². The minimum atomic E-state index is -0.492. The molecule has 0 amide bonds. The van der Waals surface area contributed by atoms with E-state index >= 15 is 0 Å². The zero-order valence-corrected chi connectivity index (χ0v) is 11.2. The Bertz CT molecular complexity index is 589. The largest absolute Gasteiger partial charge is 0.347 e. The molecule has 0 spiro atoms. The van der Waals surface area contributed by atoms with E-state index in [2.05, 4.69) is 15.0 Å². The number of rotatable bonds is 2. The molecule has 1 heterocycles. The molecule has 1 aromatic carbocycles. The zero-order chi connectivity index (χ0) is 13.3. The van der Waals surface area contributed by atoms with E-state index in [1.807, 2.05) is 0 Å². The van der Waals surface area contributed by atoms with Crippen LogP contribution in [0.3, 0.4) is 0 Å². The van der Waals surface area contributed by atoms with Crippen molar-refractivity contribution in [2.24, 2.45) is 0 Å². The second kappa shape index (κ2) is 5.04. The molecule has 0 N–H and O–H groups in total. The molecule has 0 aliphatic heterocycles. The van der Waals surface area contributed by atoms with Crippen LogP contribution in [0.25, 0.3) is 11.4 Å². The standard InChI is InChI=1S/C11H9Cl2FN4/c1-18(2)11-16-9(15-10(13)17-11)6-3-4-8(14)7(12)5-6/h3-5H,1-2H3. The highest BCUT2D eigenvalue weighted by atomic mass is 35.5. The summed E-state index contributed by atoms with van der Waals surface area (Å²) in [6.45, 7) is 0. The van der Waals surface area contributed by atoms with Crippen LogP contribution in [0.5, 0.6) is 0 Å². The SMILES string of the molecule is CN(C)c1nc(Cl)nc(-c2ccc(F)c(Cl)c2)n1.